The van der Waals surface area contributed by atoms with Crippen molar-refractivity contribution in [3.05, 3.63) is 80.9 Å². The van der Waals surface area contributed by atoms with Crippen molar-refractivity contribution in [1.29, 1.82) is 0 Å². The van der Waals surface area contributed by atoms with Crippen LogP contribution < -0.4 is 15.4 Å². The summed E-state index contributed by atoms with van der Waals surface area (Å²) in [5.41, 5.74) is 0.0413. The molecule has 1 N–H and O–H groups in total. The van der Waals surface area contributed by atoms with Gasteiger partial charge in [0.2, 0.25) is 0 Å². The Morgan fingerprint density at radius 2 is 1.68 bits per heavy atom. The molecule has 10 heteroatoms. The second kappa shape index (κ2) is 7.22. The van der Waals surface area contributed by atoms with Crippen LogP contribution in [0.25, 0.3) is 0 Å². The quantitative estimate of drug-likeness (QED) is 0.613. The first kappa shape index (κ1) is 20.6. The number of fused-ring (bicyclic) bond motifs is 1. The predicted octanol–water partition coefficient (Wildman–Crippen LogP) is 4.30. The van der Waals surface area contributed by atoms with Crippen molar-refractivity contribution < 1.29 is 22.4 Å². The molecule has 1 aliphatic heterocycles. The summed E-state index contributed by atoms with van der Waals surface area (Å²) in [6.07, 6.45) is -4.60. The molecular formula is C21H16F4N4O2. The lowest BCUT2D eigenvalue weighted by molar-refractivity contribution is -0.137. The van der Waals surface area contributed by atoms with Crippen molar-refractivity contribution in [3.8, 4) is 0 Å². The molecule has 0 atom stereocenters. The summed E-state index contributed by atoms with van der Waals surface area (Å²) in [5, 5.41) is 6.22. The Balaban J connectivity index is 1.93. The molecule has 1 aromatic heterocycles. The third kappa shape index (κ3) is 3.65. The summed E-state index contributed by atoms with van der Waals surface area (Å²) >= 11 is 0. The van der Waals surface area contributed by atoms with E-state index in [4.69, 9.17) is 0 Å². The Morgan fingerprint density at radius 3 is 2.32 bits per heavy atom. The van der Waals surface area contributed by atoms with Crippen LogP contribution in [0.3, 0.4) is 0 Å². The number of carbonyl (C=O) groups is 1. The van der Waals surface area contributed by atoms with Crippen molar-refractivity contribution in [2.75, 3.05) is 16.5 Å². The number of halogens is 4. The summed E-state index contributed by atoms with van der Waals surface area (Å²) in [7, 11) is 0. The van der Waals surface area contributed by atoms with Gasteiger partial charge in [-0.05, 0) is 61.4 Å². The first-order valence-electron chi connectivity index (χ1n) is 9.19. The van der Waals surface area contributed by atoms with Crippen LogP contribution >= 0.6 is 0 Å². The fraction of sp³-hybridized carbons (Fsp3) is 0.190. The molecule has 0 unspecified atom stereocenters. The van der Waals surface area contributed by atoms with E-state index in [2.05, 4.69) is 10.2 Å². The summed E-state index contributed by atoms with van der Waals surface area (Å²) in [6.45, 7) is 3.04. The van der Waals surface area contributed by atoms with E-state index in [9.17, 15) is 27.2 Å². The fourth-order valence-corrected chi connectivity index (χ4v) is 3.59. The number of H-pyrrole nitrogens is 1. The minimum absolute atomic E-state index is 0.0235. The second-order valence-electron chi connectivity index (χ2n) is 7.20. The minimum Gasteiger partial charge on any atom is -0.322 e. The van der Waals surface area contributed by atoms with Gasteiger partial charge in [0.25, 0.3) is 11.5 Å². The molecule has 4 rings (SSSR count). The summed E-state index contributed by atoms with van der Waals surface area (Å²) in [6, 6.07) is 8.01. The maximum atomic E-state index is 13.6. The molecule has 6 nitrogen and oxygen atoms in total. The van der Waals surface area contributed by atoms with Crippen molar-refractivity contribution in [2.45, 2.75) is 20.0 Å². The van der Waals surface area contributed by atoms with Crippen LogP contribution in [0, 0.1) is 19.7 Å². The number of rotatable bonds is 2. The molecule has 0 fully saturated rings. The Kier molecular flexibility index (Phi) is 4.79. The molecule has 2 aromatic carbocycles. The van der Waals surface area contributed by atoms with Gasteiger partial charge in [0.05, 0.1) is 16.8 Å². The number of aromatic amines is 1. The monoisotopic (exact) mass is 432 g/mol. The van der Waals surface area contributed by atoms with E-state index in [1.54, 1.807) is 13.8 Å². The molecular weight excluding hydrogens is 416 g/mol. The van der Waals surface area contributed by atoms with Gasteiger partial charge in [-0.1, -0.05) is 0 Å². The van der Waals surface area contributed by atoms with Gasteiger partial charge in [0.15, 0.2) is 5.82 Å². The number of hydrogen-bond donors (Lipinski definition) is 1. The van der Waals surface area contributed by atoms with Crippen molar-refractivity contribution in [3.63, 3.8) is 0 Å². The number of anilines is 3. The van der Waals surface area contributed by atoms with Crippen molar-refractivity contribution in [1.82, 2.24) is 10.2 Å². The van der Waals surface area contributed by atoms with E-state index >= 15 is 0 Å². The third-order valence-corrected chi connectivity index (χ3v) is 5.05. The van der Waals surface area contributed by atoms with E-state index in [1.165, 1.54) is 34.1 Å². The smallest absolute Gasteiger partial charge is 0.322 e. The van der Waals surface area contributed by atoms with Crippen LogP contribution in [0.2, 0.25) is 0 Å². The Labute approximate surface area is 173 Å². The summed E-state index contributed by atoms with van der Waals surface area (Å²) < 4.78 is 53.7. The van der Waals surface area contributed by atoms with E-state index in [0.717, 1.165) is 18.2 Å². The van der Waals surface area contributed by atoms with Gasteiger partial charge in [0.1, 0.15) is 12.5 Å². The van der Waals surface area contributed by atoms with E-state index in [1.807, 2.05) is 0 Å². The Hall–Kier alpha value is -3.69. The average Bonchev–Trinajstić information content (AvgIpc) is 2.68. The van der Waals surface area contributed by atoms with Crippen LogP contribution in [0.15, 0.2) is 47.3 Å². The number of hydrogen-bond acceptors (Lipinski definition) is 4. The van der Waals surface area contributed by atoms with Gasteiger partial charge in [-0.2, -0.15) is 18.3 Å². The van der Waals surface area contributed by atoms with Crippen LogP contribution in [-0.4, -0.2) is 22.8 Å². The lowest BCUT2D eigenvalue weighted by atomic mass is 10.0. The highest BCUT2D eigenvalue weighted by Crippen LogP contribution is 2.40. The SMILES string of the molecule is Cc1cc(F)ccc1N1CN(c2n[nH]c(=O)cc2C)C(=O)c2ccc(C(F)(F)F)cc21. The molecule has 0 radical (unpaired) electrons. The number of benzene rings is 2. The van der Waals surface area contributed by atoms with Gasteiger partial charge in [0, 0.05) is 11.8 Å². The molecule has 3 aromatic rings. The first-order valence-corrected chi connectivity index (χ1v) is 9.19. The molecule has 1 amide bonds. The normalized spacial score (nSPS) is 14.1. The average molecular weight is 432 g/mol. The highest BCUT2D eigenvalue weighted by Gasteiger charge is 2.37. The number of alkyl halides is 3. The van der Waals surface area contributed by atoms with Gasteiger partial charge >= 0.3 is 6.18 Å². The molecule has 0 spiro atoms. The van der Waals surface area contributed by atoms with Crippen LogP contribution in [0.5, 0.6) is 0 Å². The predicted molar refractivity (Wildman–Crippen MR) is 106 cm³/mol. The zero-order valence-corrected chi connectivity index (χ0v) is 16.4. The van der Waals surface area contributed by atoms with Gasteiger partial charge < -0.3 is 4.90 Å². The van der Waals surface area contributed by atoms with Crippen molar-refractivity contribution >= 4 is 23.1 Å². The van der Waals surface area contributed by atoms with E-state index in [0.29, 0.717) is 16.8 Å². The zero-order valence-electron chi connectivity index (χ0n) is 16.4. The van der Waals surface area contributed by atoms with E-state index in [-0.39, 0.29) is 23.7 Å². The van der Waals surface area contributed by atoms with E-state index < -0.39 is 29.0 Å². The molecule has 0 saturated heterocycles. The molecule has 0 aliphatic carbocycles. The van der Waals surface area contributed by atoms with Crippen LogP contribution in [0.1, 0.15) is 27.0 Å². The zero-order chi connectivity index (χ0) is 22.5. The van der Waals surface area contributed by atoms with Crippen LogP contribution in [0.4, 0.5) is 34.8 Å². The number of carbonyl (C=O) groups excluding carboxylic acids is 1. The minimum atomic E-state index is -4.60. The number of nitrogens with zero attached hydrogens (tertiary/aromatic N) is 3. The molecule has 31 heavy (non-hydrogen) atoms. The maximum Gasteiger partial charge on any atom is 0.416 e. The summed E-state index contributed by atoms with van der Waals surface area (Å²) in [4.78, 5) is 27.4. The lowest BCUT2D eigenvalue weighted by Gasteiger charge is -2.38. The molecule has 1 aliphatic rings. The van der Waals surface area contributed by atoms with Gasteiger partial charge in [-0.15, -0.1) is 0 Å². The van der Waals surface area contributed by atoms with Crippen LogP contribution in [-0.2, 0) is 6.18 Å². The standard InChI is InChI=1S/C21H16F4N4O2/c1-11-7-14(22)4-6-16(11)28-10-29(19-12(2)8-18(30)26-27-19)20(31)15-5-3-13(9-17(15)28)21(23,24)25/h3-9H,10H2,1-2H3,(H,26,30). The summed E-state index contributed by atoms with van der Waals surface area (Å²) in [5.74, 6) is -0.893. The number of aryl methyl sites for hydroxylation is 2. The number of aromatic nitrogens is 2. The fourth-order valence-electron chi connectivity index (χ4n) is 3.59. The third-order valence-electron chi connectivity index (χ3n) is 5.05. The molecule has 0 saturated carbocycles. The van der Waals surface area contributed by atoms with Crippen molar-refractivity contribution in [2.24, 2.45) is 0 Å². The van der Waals surface area contributed by atoms with Gasteiger partial charge in [-0.25, -0.2) is 9.49 Å². The molecule has 160 valence electrons. The second-order valence-corrected chi connectivity index (χ2v) is 7.20. The highest BCUT2D eigenvalue weighted by molar-refractivity contribution is 6.12. The molecule has 2 heterocycles. The Bertz CT molecular complexity index is 1250. The highest BCUT2D eigenvalue weighted by atomic mass is 19.4. The maximum absolute atomic E-state index is 13.6. The van der Waals surface area contributed by atoms with Gasteiger partial charge in [-0.3, -0.25) is 14.5 Å². The number of amides is 1. The largest absolute Gasteiger partial charge is 0.416 e. The first-order chi connectivity index (χ1) is 14.6. The molecule has 0 bridgehead atoms. The Morgan fingerprint density at radius 1 is 0.935 bits per heavy atom. The lowest BCUT2D eigenvalue weighted by Crippen LogP contribution is -2.46. The number of nitrogens with one attached hydrogen (secondary N) is 1. The topological polar surface area (TPSA) is 69.3 Å².